The summed E-state index contributed by atoms with van der Waals surface area (Å²) in [7, 11) is 0. The second-order valence-electron chi connectivity index (χ2n) is 8.08. The zero-order chi connectivity index (χ0) is 21.3. The van der Waals surface area contributed by atoms with Gasteiger partial charge in [-0.2, -0.15) is 0 Å². The maximum absolute atomic E-state index is 12.9. The third-order valence-corrected chi connectivity index (χ3v) is 7.53. The Hall–Kier alpha value is -2.12. The largest absolute Gasteiger partial charge is 0.338 e. The molecule has 0 bridgehead atoms. The summed E-state index contributed by atoms with van der Waals surface area (Å²) in [4.78, 5) is 34.6. The van der Waals surface area contributed by atoms with E-state index in [-0.39, 0.29) is 24.0 Å². The van der Waals surface area contributed by atoms with Gasteiger partial charge in [0.1, 0.15) is 5.01 Å². The Kier molecular flexibility index (Phi) is 6.29. The molecule has 1 N–H and O–H groups in total. The molecule has 160 valence electrons. The fourth-order valence-corrected chi connectivity index (χ4v) is 5.52. The van der Waals surface area contributed by atoms with Crippen molar-refractivity contribution in [3.8, 4) is 10.6 Å². The number of carbonyl (C=O) groups is 2. The number of aryl methyl sites for hydroxylation is 1. The second kappa shape index (κ2) is 8.94. The van der Waals surface area contributed by atoms with Crippen LogP contribution in [-0.4, -0.2) is 52.4 Å². The van der Waals surface area contributed by atoms with Gasteiger partial charge in [0, 0.05) is 42.7 Å². The number of urea groups is 1. The lowest BCUT2D eigenvalue weighted by molar-refractivity contribution is -0.130. The topological polar surface area (TPSA) is 65.5 Å². The van der Waals surface area contributed by atoms with Crippen LogP contribution in [0, 0.1) is 6.92 Å². The molecule has 4 rings (SSSR count). The number of piperidine rings is 1. The summed E-state index contributed by atoms with van der Waals surface area (Å²) < 4.78 is 0. The quantitative estimate of drug-likeness (QED) is 0.744. The number of hydrogen-bond acceptors (Lipinski definition) is 4. The molecule has 0 saturated carbocycles. The summed E-state index contributed by atoms with van der Waals surface area (Å²) in [6.45, 7) is 6.14. The highest BCUT2D eigenvalue weighted by atomic mass is 35.5. The monoisotopic (exact) mass is 446 g/mol. The number of nitrogens with zero attached hydrogens (tertiary/aromatic N) is 3. The van der Waals surface area contributed by atoms with Crippen LogP contribution in [0.25, 0.3) is 10.6 Å². The van der Waals surface area contributed by atoms with Crippen molar-refractivity contribution in [2.24, 2.45) is 0 Å². The number of halogens is 1. The number of rotatable bonds is 4. The molecular weight excluding hydrogens is 420 g/mol. The molecule has 2 aliphatic rings. The van der Waals surface area contributed by atoms with Crippen molar-refractivity contribution in [1.82, 2.24) is 20.1 Å². The van der Waals surface area contributed by atoms with Crippen LogP contribution in [0.5, 0.6) is 0 Å². The van der Waals surface area contributed by atoms with Crippen LogP contribution < -0.4 is 5.32 Å². The van der Waals surface area contributed by atoms with E-state index in [9.17, 15) is 9.59 Å². The molecule has 0 radical (unpaired) electrons. The fraction of sp³-hybridized carbons (Fsp3) is 0.500. The first-order valence-corrected chi connectivity index (χ1v) is 11.7. The lowest BCUT2D eigenvalue weighted by Gasteiger charge is -2.38. The Bertz CT molecular complexity index is 930. The minimum atomic E-state index is -0.134. The van der Waals surface area contributed by atoms with Gasteiger partial charge in [-0.05, 0) is 45.2 Å². The molecule has 2 fully saturated rings. The lowest BCUT2D eigenvalue weighted by atomic mass is 10.0. The maximum Gasteiger partial charge on any atom is 0.317 e. The van der Waals surface area contributed by atoms with E-state index in [1.165, 1.54) is 0 Å². The van der Waals surface area contributed by atoms with Crippen molar-refractivity contribution >= 4 is 34.9 Å². The van der Waals surface area contributed by atoms with E-state index in [1.54, 1.807) is 11.3 Å². The molecule has 6 nitrogen and oxygen atoms in total. The Morgan fingerprint density at radius 1 is 1.27 bits per heavy atom. The molecule has 1 aromatic carbocycles. The zero-order valence-electron chi connectivity index (χ0n) is 17.4. The van der Waals surface area contributed by atoms with Crippen molar-refractivity contribution in [3.63, 3.8) is 0 Å². The molecule has 0 aliphatic carbocycles. The molecule has 2 unspecified atom stereocenters. The van der Waals surface area contributed by atoms with Gasteiger partial charge in [0.25, 0.3) is 0 Å². The normalized spacial score (nSPS) is 20.5. The third kappa shape index (κ3) is 4.47. The number of amides is 3. The molecule has 1 aromatic heterocycles. The number of thiazole rings is 1. The molecule has 2 atom stereocenters. The third-order valence-electron chi connectivity index (χ3n) is 5.89. The predicted octanol–water partition coefficient (Wildman–Crippen LogP) is 4.63. The van der Waals surface area contributed by atoms with Gasteiger partial charge in [-0.1, -0.05) is 23.7 Å². The van der Waals surface area contributed by atoms with Crippen LogP contribution in [0.3, 0.4) is 0 Å². The molecule has 8 heteroatoms. The van der Waals surface area contributed by atoms with Crippen molar-refractivity contribution in [2.75, 3.05) is 19.6 Å². The highest BCUT2D eigenvalue weighted by Crippen LogP contribution is 2.32. The standard InChI is InChI=1S/C22H27ClN4O2S/c1-14-20(30-21(24-14)16-7-9-17(23)10-8-16)15(2)25-22(29)26-11-3-5-18(13-26)27-12-4-6-19(27)28/h7-10,15,18H,3-6,11-13H2,1-2H3,(H,25,29). The maximum atomic E-state index is 12.9. The van der Waals surface area contributed by atoms with Gasteiger partial charge in [-0.25, -0.2) is 9.78 Å². The van der Waals surface area contributed by atoms with Crippen molar-refractivity contribution in [2.45, 2.75) is 51.6 Å². The van der Waals surface area contributed by atoms with E-state index >= 15 is 0 Å². The minimum absolute atomic E-state index is 0.0697. The Morgan fingerprint density at radius 2 is 2.03 bits per heavy atom. The summed E-state index contributed by atoms with van der Waals surface area (Å²) >= 11 is 7.58. The smallest absolute Gasteiger partial charge is 0.317 e. The summed E-state index contributed by atoms with van der Waals surface area (Å²) in [5.41, 5.74) is 1.95. The van der Waals surface area contributed by atoms with Crippen LogP contribution in [0.1, 0.15) is 49.2 Å². The second-order valence-corrected chi connectivity index (χ2v) is 9.55. The molecule has 3 heterocycles. The molecule has 2 aromatic rings. The van der Waals surface area contributed by atoms with Crippen LogP contribution in [0.4, 0.5) is 4.79 Å². The summed E-state index contributed by atoms with van der Waals surface area (Å²) in [6, 6.07) is 7.58. The molecule has 2 saturated heterocycles. The van der Waals surface area contributed by atoms with E-state index in [0.717, 1.165) is 53.5 Å². The van der Waals surface area contributed by atoms with Crippen LogP contribution in [0.15, 0.2) is 24.3 Å². The lowest BCUT2D eigenvalue weighted by Crippen LogP contribution is -2.52. The van der Waals surface area contributed by atoms with Crippen LogP contribution in [-0.2, 0) is 4.79 Å². The highest BCUT2D eigenvalue weighted by molar-refractivity contribution is 7.15. The van der Waals surface area contributed by atoms with Crippen molar-refractivity contribution in [1.29, 1.82) is 0 Å². The van der Waals surface area contributed by atoms with Crippen molar-refractivity contribution in [3.05, 3.63) is 39.9 Å². The van der Waals surface area contributed by atoms with Crippen LogP contribution >= 0.6 is 22.9 Å². The molecule has 30 heavy (non-hydrogen) atoms. The number of hydrogen-bond donors (Lipinski definition) is 1. The number of benzene rings is 1. The van der Waals surface area contributed by atoms with Crippen LogP contribution in [0.2, 0.25) is 5.02 Å². The average Bonchev–Trinajstić information content (AvgIpc) is 3.34. The van der Waals surface area contributed by atoms with Gasteiger partial charge in [-0.15, -0.1) is 11.3 Å². The van der Waals surface area contributed by atoms with E-state index in [0.29, 0.717) is 18.0 Å². The first-order valence-electron chi connectivity index (χ1n) is 10.5. The summed E-state index contributed by atoms with van der Waals surface area (Å²) in [5.74, 6) is 0.227. The van der Waals surface area contributed by atoms with Gasteiger partial charge in [-0.3, -0.25) is 4.79 Å². The van der Waals surface area contributed by atoms with Gasteiger partial charge >= 0.3 is 6.03 Å². The van der Waals surface area contributed by atoms with Gasteiger partial charge in [0.2, 0.25) is 5.91 Å². The SMILES string of the molecule is Cc1nc(-c2ccc(Cl)cc2)sc1C(C)NC(=O)N1CCCC(N2CCCC2=O)C1. The number of carbonyl (C=O) groups excluding carboxylic acids is 2. The highest BCUT2D eigenvalue weighted by Gasteiger charge is 2.33. The number of nitrogens with one attached hydrogen (secondary N) is 1. The van der Waals surface area contributed by atoms with Gasteiger partial charge in [0.05, 0.1) is 16.6 Å². The fourth-order valence-electron chi connectivity index (χ4n) is 4.32. The Labute approximate surface area is 186 Å². The molecular formula is C22H27ClN4O2S. The zero-order valence-corrected chi connectivity index (χ0v) is 18.9. The Morgan fingerprint density at radius 3 is 2.73 bits per heavy atom. The van der Waals surface area contributed by atoms with Crippen molar-refractivity contribution < 1.29 is 9.59 Å². The van der Waals surface area contributed by atoms with E-state index in [4.69, 9.17) is 16.6 Å². The molecule has 3 amide bonds. The molecule has 0 spiro atoms. The van der Waals surface area contributed by atoms with Gasteiger partial charge < -0.3 is 15.1 Å². The average molecular weight is 447 g/mol. The first-order chi connectivity index (χ1) is 14.4. The number of aromatic nitrogens is 1. The van der Waals surface area contributed by atoms with Gasteiger partial charge in [0.15, 0.2) is 0 Å². The first kappa shape index (κ1) is 21.1. The molecule has 2 aliphatic heterocycles. The minimum Gasteiger partial charge on any atom is -0.338 e. The predicted molar refractivity (Wildman–Crippen MR) is 120 cm³/mol. The van der Waals surface area contributed by atoms with E-state index < -0.39 is 0 Å². The van der Waals surface area contributed by atoms with E-state index in [2.05, 4.69) is 5.32 Å². The van der Waals surface area contributed by atoms with E-state index in [1.807, 2.05) is 47.9 Å². The number of likely N-dealkylation sites (tertiary alicyclic amines) is 2. The summed E-state index contributed by atoms with van der Waals surface area (Å²) in [6.07, 6.45) is 3.47. The summed E-state index contributed by atoms with van der Waals surface area (Å²) in [5, 5.41) is 4.76. The Balaban J connectivity index is 1.41.